The van der Waals surface area contributed by atoms with Crippen LogP contribution in [-0.2, 0) is 16.1 Å². The number of hydrogen-bond donors (Lipinski definition) is 1. The Morgan fingerprint density at radius 3 is 2.59 bits per heavy atom. The van der Waals surface area contributed by atoms with Gasteiger partial charge in [-0.15, -0.1) is 16.5 Å². The first-order valence-electron chi connectivity index (χ1n) is 10.8. The van der Waals surface area contributed by atoms with Gasteiger partial charge >= 0.3 is 0 Å². The molecular weight excluding hydrogens is 494 g/mol. The van der Waals surface area contributed by atoms with Gasteiger partial charge in [0.25, 0.3) is 5.56 Å². The van der Waals surface area contributed by atoms with Crippen LogP contribution in [0.25, 0.3) is 0 Å². The summed E-state index contributed by atoms with van der Waals surface area (Å²) in [6.45, 7) is 6.31. The highest BCUT2D eigenvalue weighted by molar-refractivity contribution is 7.99. The first-order valence-corrected chi connectivity index (χ1v) is 13.0. The Morgan fingerprint density at radius 1 is 1.06 bits per heavy atom. The van der Waals surface area contributed by atoms with Gasteiger partial charge in [-0.05, 0) is 74.9 Å². The van der Waals surface area contributed by atoms with E-state index in [4.69, 9.17) is 25.8 Å². The Kier molecular flexibility index (Phi) is 10.2. The number of thioether (sulfide) groups is 2. The van der Waals surface area contributed by atoms with E-state index in [-0.39, 0.29) is 18.3 Å². The summed E-state index contributed by atoms with van der Waals surface area (Å²) in [5, 5.41) is 10.6. The largest absolute Gasteiger partial charge is 0.487 e. The van der Waals surface area contributed by atoms with Gasteiger partial charge in [-0.2, -0.15) is 0 Å². The number of benzene rings is 2. The van der Waals surface area contributed by atoms with Crippen LogP contribution in [0.4, 0.5) is 0 Å². The van der Waals surface area contributed by atoms with Crippen molar-refractivity contribution in [3.05, 3.63) is 87.3 Å². The van der Waals surface area contributed by atoms with E-state index in [2.05, 4.69) is 0 Å². The minimum Gasteiger partial charge on any atom is -0.487 e. The number of aryl methyl sites for hydroxylation is 1. The van der Waals surface area contributed by atoms with Gasteiger partial charge in [0.15, 0.2) is 6.29 Å². The molecule has 2 aromatic carbocycles. The van der Waals surface area contributed by atoms with Gasteiger partial charge in [-0.1, -0.05) is 29.4 Å². The molecule has 2 unspecified atom stereocenters. The van der Waals surface area contributed by atoms with Crippen LogP contribution in [0, 0.1) is 6.92 Å². The molecule has 0 amide bonds. The first kappa shape index (κ1) is 26.5. The fraction of sp³-hybridized carbons (Fsp3) is 0.320. The average molecular weight is 522 g/mol. The molecule has 3 rings (SSSR count). The van der Waals surface area contributed by atoms with Crippen LogP contribution in [0.5, 0.6) is 5.75 Å². The van der Waals surface area contributed by atoms with Crippen molar-refractivity contribution in [3.63, 3.8) is 0 Å². The number of pyridine rings is 1. The number of rotatable bonds is 12. The molecule has 1 N–H and O–H groups in total. The van der Waals surface area contributed by atoms with Crippen molar-refractivity contribution < 1.29 is 19.4 Å². The van der Waals surface area contributed by atoms with E-state index in [0.29, 0.717) is 22.8 Å². The Morgan fingerprint density at radius 2 is 1.82 bits per heavy atom. The van der Waals surface area contributed by atoms with Crippen molar-refractivity contribution in [2.24, 2.45) is 0 Å². The van der Waals surface area contributed by atoms with Crippen LogP contribution in [0.2, 0.25) is 5.02 Å². The molecule has 3 aromatic rings. The van der Waals surface area contributed by atoms with E-state index < -0.39 is 5.56 Å². The summed E-state index contributed by atoms with van der Waals surface area (Å²) in [5.41, 5.74) is 0.548. The lowest BCUT2D eigenvalue weighted by Crippen LogP contribution is -2.21. The Labute approximate surface area is 213 Å². The molecule has 0 saturated carbocycles. The molecule has 34 heavy (non-hydrogen) atoms. The second kappa shape index (κ2) is 13.1. The van der Waals surface area contributed by atoms with Gasteiger partial charge in [0.05, 0.1) is 12.3 Å². The fourth-order valence-electron chi connectivity index (χ4n) is 3.09. The zero-order valence-corrected chi connectivity index (χ0v) is 21.7. The van der Waals surface area contributed by atoms with Crippen LogP contribution in [0.3, 0.4) is 0 Å². The highest BCUT2D eigenvalue weighted by Gasteiger charge is 2.12. The van der Waals surface area contributed by atoms with E-state index in [9.17, 15) is 10.0 Å². The number of hydrogen-bond acceptors (Lipinski definition) is 7. The summed E-state index contributed by atoms with van der Waals surface area (Å²) in [4.78, 5) is 13.8. The Bertz CT molecular complexity index is 1120. The van der Waals surface area contributed by atoms with Gasteiger partial charge in [-0.3, -0.25) is 4.79 Å². The van der Waals surface area contributed by atoms with Crippen molar-refractivity contribution in [2.75, 3.05) is 12.4 Å². The first-order chi connectivity index (χ1) is 16.3. The van der Waals surface area contributed by atoms with Gasteiger partial charge < -0.3 is 19.4 Å². The van der Waals surface area contributed by atoms with Crippen LogP contribution in [0.1, 0.15) is 25.1 Å². The van der Waals surface area contributed by atoms with Gasteiger partial charge in [-0.25, -0.2) is 0 Å². The number of halogens is 1. The van der Waals surface area contributed by atoms with Crippen molar-refractivity contribution in [2.45, 2.75) is 48.9 Å². The minimum absolute atomic E-state index is 0.0759. The maximum atomic E-state index is 11.7. The van der Waals surface area contributed by atoms with Crippen molar-refractivity contribution in [1.82, 2.24) is 4.73 Å². The van der Waals surface area contributed by atoms with Crippen LogP contribution >= 0.6 is 35.1 Å². The van der Waals surface area contributed by atoms with E-state index in [1.807, 2.05) is 62.4 Å². The normalized spacial score (nSPS) is 12.9. The topological polar surface area (TPSA) is 69.9 Å². The van der Waals surface area contributed by atoms with Gasteiger partial charge in [0.1, 0.15) is 17.8 Å². The molecule has 0 aliphatic carbocycles. The maximum Gasteiger partial charge on any atom is 0.283 e. The predicted molar refractivity (Wildman–Crippen MR) is 137 cm³/mol. The van der Waals surface area contributed by atoms with Crippen molar-refractivity contribution >= 4 is 35.1 Å². The Hall–Kier alpha value is -2.10. The van der Waals surface area contributed by atoms with E-state index in [1.165, 1.54) is 6.07 Å². The van der Waals surface area contributed by atoms with Crippen LogP contribution in [0.15, 0.2) is 75.2 Å². The van der Waals surface area contributed by atoms with Crippen LogP contribution < -0.4 is 10.3 Å². The number of aromatic nitrogens is 1. The SMILES string of the molecule is Cc1cc(COc2cccc(SC(C)OC(C)OCCSc3ccc(Cl)cc3)c2)n(O)c(=O)c1. The van der Waals surface area contributed by atoms with Crippen LogP contribution in [-0.4, -0.2) is 34.0 Å². The second-order valence-electron chi connectivity index (χ2n) is 7.50. The Balaban J connectivity index is 1.42. The fourth-order valence-corrected chi connectivity index (χ4v) is 4.90. The number of ether oxygens (including phenoxy) is 3. The third kappa shape index (κ3) is 8.60. The van der Waals surface area contributed by atoms with E-state index in [1.54, 1.807) is 36.5 Å². The highest BCUT2D eigenvalue weighted by Crippen LogP contribution is 2.28. The monoisotopic (exact) mass is 521 g/mol. The zero-order chi connectivity index (χ0) is 24.5. The maximum absolute atomic E-state index is 11.7. The van der Waals surface area contributed by atoms with Crippen molar-refractivity contribution in [1.29, 1.82) is 0 Å². The molecule has 0 radical (unpaired) electrons. The standard InChI is InChI=1S/C25H28ClNO5S2/c1-17-13-21(27(29)25(28)14-17)16-31-22-5-4-6-24(15-22)34-19(3)32-18(2)30-11-12-33-23-9-7-20(26)8-10-23/h4-10,13-15,18-19,29H,11-12,16H2,1-3H3. The molecule has 2 atom stereocenters. The minimum atomic E-state index is -0.478. The summed E-state index contributed by atoms with van der Waals surface area (Å²) in [5.74, 6) is 1.45. The molecule has 0 aliphatic rings. The molecule has 0 bridgehead atoms. The summed E-state index contributed by atoms with van der Waals surface area (Å²) in [7, 11) is 0. The third-order valence-corrected chi connectivity index (χ3v) is 6.82. The lowest BCUT2D eigenvalue weighted by atomic mass is 10.2. The van der Waals surface area contributed by atoms with Gasteiger partial charge in [0, 0.05) is 26.6 Å². The second-order valence-corrected chi connectivity index (χ2v) is 10.5. The molecule has 9 heteroatoms. The highest BCUT2D eigenvalue weighted by atomic mass is 35.5. The summed E-state index contributed by atoms with van der Waals surface area (Å²) >= 11 is 9.16. The lowest BCUT2D eigenvalue weighted by molar-refractivity contribution is -0.131. The van der Waals surface area contributed by atoms with Gasteiger partial charge in [0.2, 0.25) is 0 Å². The summed E-state index contributed by atoms with van der Waals surface area (Å²) in [6.07, 6.45) is -0.338. The third-order valence-electron chi connectivity index (χ3n) is 4.62. The quantitative estimate of drug-likeness (QED) is 0.131. The van der Waals surface area contributed by atoms with E-state index in [0.717, 1.165) is 26.1 Å². The average Bonchev–Trinajstić information content (AvgIpc) is 2.79. The smallest absolute Gasteiger partial charge is 0.283 e. The molecule has 1 aromatic heterocycles. The molecule has 1 heterocycles. The summed E-state index contributed by atoms with van der Waals surface area (Å²) < 4.78 is 18.1. The van der Waals surface area contributed by atoms with Crippen molar-refractivity contribution in [3.8, 4) is 5.75 Å². The predicted octanol–water partition coefficient (Wildman–Crippen LogP) is 6.24. The molecular formula is C25H28ClNO5S2. The molecule has 0 saturated heterocycles. The molecule has 0 aliphatic heterocycles. The lowest BCUT2D eigenvalue weighted by Gasteiger charge is -2.19. The zero-order valence-electron chi connectivity index (χ0n) is 19.3. The molecule has 182 valence electrons. The molecule has 0 spiro atoms. The molecule has 0 fully saturated rings. The van der Waals surface area contributed by atoms with E-state index >= 15 is 0 Å². The number of nitrogens with zero attached hydrogens (tertiary/aromatic N) is 1. The summed E-state index contributed by atoms with van der Waals surface area (Å²) in [6, 6.07) is 18.4. The molecule has 6 nitrogen and oxygen atoms in total.